The Bertz CT molecular complexity index is 504. The van der Waals surface area contributed by atoms with Crippen LogP contribution in [-0.4, -0.2) is 12.1 Å². The van der Waals surface area contributed by atoms with Gasteiger partial charge in [-0.2, -0.15) is 0 Å². The first-order chi connectivity index (χ1) is 10.2. The molecule has 0 aromatic rings. The molecule has 0 aromatic heterocycles. The van der Waals surface area contributed by atoms with Crippen LogP contribution in [0.1, 0.15) is 51.9 Å². The lowest BCUT2D eigenvalue weighted by Crippen LogP contribution is -2.43. The van der Waals surface area contributed by atoms with Crippen LogP contribution in [0.5, 0.6) is 0 Å². The summed E-state index contributed by atoms with van der Waals surface area (Å²) in [4.78, 5) is 12.9. The van der Waals surface area contributed by atoms with Gasteiger partial charge >= 0.3 is 5.97 Å². The van der Waals surface area contributed by atoms with Crippen LogP contribution in [0.3, 0.4) is 0 Å². The maximum Gasteiger partial charge on any atom is 0.312 e. The first-order valence-corrected chi connectivity index (χ1v) is 9.06. The standard InChI is InChI=1S/C19H26O2/c1-19(18(20)21-14-4-2-3-5-14)10-13-9-15(19)17-12-7-6-11(8-12)16(13)17/h6-7,11-17H,2-5,8-10H2,1H3. The van der Waals surface area contributed by atoms with E-state index in [-0.39, 0.29) is 17.5 Å². The van der Waals surface area contributed by atoms with Gasteiger partial charge in [0.25, 0.3) is 0 Å². The lowest BCUT2D eigenvalue weighted by molar-refractivity contribution is -0.166. The molecule has 7 atom stereocenters. The molecule has 7 unspecified atom stereocenters. The van der Waals surface area contributed by atoms with Crippen molar-refractivity contribution in [3.63, 3.8) is 0 Å². The molecule has 0 heterocycles. The summed E-state index contributed by atoms with van der Waals surface area (Å²) in [5.74, 6) is 4.84. The molecule has 21 heavy (non-hydrogen) atoms. The maximum atomic E-state index is 12.9. The number of esters is 1. The van der Waals surface area contributed by atoms with Gasteiger partial charge in [0.1, 0.15) is 6.10 Å². The molecule has 0 aromatic carbocycles. The van der Waals surface area contributed by atoms with Crippen molar-refractivity contribution in [2.45, 2.75) is 58.0 Å². The Morgan fingerprint density at radius 3 is 2.57 bits per heavy atom. The Labute approximate surface area is 127 Å². The Balaban J connectivity index is 1.38. The number of carbonyl (C=O) groups excluding carboxylic acids is 1. The molecule has 0 saturated heterocycles. The fourth-order valence-electron chi connectivity index (χ4n) is 6.90. The molecule has 0 amide bonds. The van der Waals surface area contributed by atoms with Crippen LogP contribution in [-0.2, 0) is 9.53 Å². The van der Waals surface area contributed by atoms with Crippen LogP contribution in [0, 0.1) is 40.9 Å². The second-order valence-corrected chi connectivity index (χ2v) is 8.64. The number of rotatable bonds is 2. The molecule has 0 N–H and O–H groups in total. The minimum Gasteiger partial charge on any atom is -0.462 e. The van der Waals surface area contributed by atoms with E-state index in [0.717, 1.165) is 48.9 Å². The van der Waals surface area contributed by atoms with Crippen LogP contribution >= 0.6 is 0 Å². The smallest absolute Gasteiger partial charge is 0.312 e. The summed E-state index contributed by atoms with van der Waals surface area (Å²) in [6.07, 6.45) is 13.6. The highest BCUT2D eigenvalue weighted by molar-refractivity contribution is 5.78. The fourth-order valence-corrected chi connectivity index (χ4v) is 6.90. The summed E-state index contributed by atoms with van der Waals surface area (Å²) >= 11 is 0. The molecule has 0 spiro atoms. The third kappa shape index (κ3) is 1.57. The highest BCUT2D eigenvalue weighted by Crippen LogP contribution is 2.70. The maximum absolute atomic E-state index is 12.9. The van der Waals surface area contributed by atoms with Gasteiger partial charge in [-0.15, -0.1) is 0 Å². The van der Waals surface area contributed by atoms with Gasteiger partial charge < -0.3 is 4.74 Å². The number of carbonyl (C=O) groups is 1. The van der Waals surface area contributed by atoms with Gasteiger partial charge in [0.15, 0.2) is 0 Å². The van der Waals surface area contributed by atoms with Crippen LogP contribution < -0.4 is 0 Å². The Hall–Kier alpha value is -0.790. The number of hydrogen-bond donors (Lipinski definition) is 0. The van der Waals surface area contributed by atoms with Gasteiger partial charge in [-0.1, -0.05) is 12.2 Å². The van der Waals surface area contributed by atoms with Crippen molar-refractivity contribution < 1.29 is 9.53 Å². The quantitative estimate of drug-likeness (QED) is 0.436. The van der Waals surface area contributed by atoms with Crippen molar-refractivity contribution in [1.82, 2.24) is 0 Å². The molecule has 2 nitrogen and oxygen atoms in total. The van der Waals surface area contributed by atoms with E-state index in [4.69, 9.17) is 4.74 Å². The summed E-state index contributed by atoms with van der Waals surface area (Å²) in [5.41, 5.74) is -0.174. The Morgan fingerprint density at radius 2 is 1.81 bits per heavy atom. The Kier molecular flexibility index (Phi) is 2.51. The van der Waals surface area contributed by atoms with Crippen LogP contribution in [0.25, 0.3) is 0 Å². The van der Waals surface area contributed by atoms with E-state index in [9.17, 15) is 4.79 Å². The zero-order chi connectivity index (χ0) is 14.2. The predicted molar refractivity (Wildman–Crippen MR) is 80.4 cm³/mol. The van der Waals surface area contributed by atoms with Crippen LogP contribution in [0.4, 0.5) is 0 Å². The van der Waals surface area contributed by atoms with E-state index in [2.05, 4.69) is 19.1 Å². The van der Waals surface area contributed by atoms with Gasteiger partial charge in [-0.3, -0.25) is 4.79 Å². The average molecular weight is 286 g/mol. The molecule has 4 bridgehead atoms. The van der Waals surface area contributed by atoms with Crippen molar-refractivity contribution in [3.05, 3.63) is 12.2 Å². The van der Waals surface area contributed by atoms with E-state index in [0.29, 0.717) is 5.92 Å². The monoisotopic (exact) mass is 286 g/mol. The summed E-state index contributed by atoms with van der Waals surface area (Å²) in [6.45, 7) is 2.22. The van der Waals surface area contributed by atoms with Crippen molar-refractivity contribution >= 4 is 5.97 Å². The topological polar surface area (TPSA) is 26.3 Å². The predicted octanol–water partition coefficient (Wildman–Crippen LogP) is 3.96. The van der Waals surface area contributed by atoms with Gasteiger partial charge in [-0.25, -0.2) is 0 Å². The van der Waals surface area contributed by atoms with Crippen molar-refractivity contribution in [2.24, 2.45) is 40.9 Å². The molecule has 4 fully saturated rings. The van der Waals surface area contributed by atoms with E-state index in [1.54, 1.807) is 0 Å². The second-order valence-electron chi connectivity index (χ2n) is 8.64. The van der Waals surface area contributed by atoms with E-state index in [1.165, 1.54) is 25.7 Å². The van der Waals surface area contributed by atoms with Gasteiger partial charge in [-0.05, 0) is 87.4 Å². The van der Waals surface area contributed by atoms with Crippen LogP contribution in [0.15, 0.2) is 12.2 Å². The average Bonchev–Trinajstić information content (AvgIpc) is 3.24. The SMILES string of the molecule is CC1(C(=O)OC2CCCC2)CC2CC1C1C3C=CC(C3)C21. The second kappa shape index (κ2) is 4.14. The molecule has 5 rings (SSSR count). The van der Waals surface area contributed by atoms with Crippen molar-refractivity contribution in [2.75, 3.05) is 0 Å². The zero-order valence-corrected chi connectivity index (χ0v) is 13.0. The molecule has 5 aliphatic rings. The third-order valence-corrected chi connectivity index (χ3v) is 7.70. The molecule has 5 aliphatic carbocycles. The van der Waals surface area contributed by atoms with Crippen molar-refractivity contribution in [3.8, 4) is 0 Å². The molecule has 114 valence electrons. The molecular formula is C19H26O2. The molecule has 2 heteroatoms. The number of ether oxygens (including phenoxy) is 1. The normalized spacial score (nSPS) is 53.6. The number of fused-ring (bicyclic) bond motifs is 9. The third-order valence-electron chi connectivity index (χ3n) is 7.70. The van der Waals surface area contributed by atoms with Crippen LogP contribution in [0.2, 0.25) is 0 Å². The molecule has 0 radical (unpaired) electrons. The van der Waals surface area contributed by atoms with E-state index in [1.807, 2.05) is 0 Å². The first kappa shape index (κ1) is 12.7. The van der Waals surface area contributed by atoms with E-state index < -0.39 is 0 Å². The molecule has 0 aliphatic heterocycles. The lowest BCUT2D eigenvalue weighted by Gasteiger charge is -2.42. The summed E-state index contributed by atoms with van der Waals surface area (Å²) < 4.78 is 5.92. The summed E-state index contributed by atoms with van der Waals surface area (Å²) in [6, 6.07) is 0. The zero-order valence-electron chi connectivity index (χ0n) is 13.0. The minimum atomic E-state index is -0.174. The number of hydrogen-bond acceptors (Lipinski definition) is 2. The molecule has 4 saturated carbocycles. The van der Waals surface area contributed by atoms with Gasteiger partial charge in [0, 0.05) is 0 Å². The number of allylic oxidation sites excluding steroid dienone is 2. The summed E-state index contributed by atoms with van der Waals surface area (Å²) in [7, 11) is 0. The van der Waals surface area contributed by atoms with E-state index >= 15 is 0 Å². The first-order valence-electron chi connectivity index (χ1n) is 9.06. The lowest BCUT2D eigenvalue weighted by atomic mass is 9.63. The highest BCUT2D eigenvalue weighted by atomic mass is 16.5. The van der Waals surface area contributed by atoms with Gasteiger partial charge in [0.05, 0.1) is 5.41 Å². The fraction of sp³-hybridized carbons (Fsp3) is 0.842. The summed E-state index contributed by atoms with van der Waals surface area (Å²) in [5, 5.41) is 0. The molecular weight excluding hydrogens is 260 g/mol. The Morgan fingerprint density at radius 1 is 1.10 bits per heavy atom. The largest absolute Gasteiger partial charge is 0.462 e. The highest BCUT2D eigenvalue weighted by Gasteiger charge is 2.67. The van der Waals surface area contributed by atoms with Gasteiger partial charge in [0.2, 0.25) is 0 Å². The van der Waals surface area contributed by atoms with Crippen molar-refractivity contribution in [1.29, 1.82) is 0 Å². The minimum absolute atomic E-state index is 0.145.